The van der Waals surface area contributed by atoms with Gasteiger partial charge in [-0.15, -0.1) is 11.6 Å². The average molecular weight is 578 g/mol. The van der Waals surface area contributed by atoms with Crippen LogP contribution in [0.4, 0.5) is 4.79 Å². The molecule has 0 saturated heterocycles. The summed E-state index contributed by atoms with van der Waals surface area (Å²) in [6, 6.07) is 9.52. The molecule has 0 aliphatic heterocycles. The molecule has 1 rings (SSSR count). The molecule has 39 heavy (non-hydrogen) atoms. The van der Waals surface area contributed by atoms with Gasteiger partial charge in [0.1, 0.15) is 6.61 Å². The molecule has 0 aliphatic rings. The Hall–Kier alpha value is -1.50. The molecule has 0 saturated carbocycles. The van der Waals surface area contributed by atoms with Gasteiger partial charge in [-0.25, -0.2) is 4.79 Å². The summed E-state index contributed by atoms with van der Waals surface area (Å²) >= 11 is 5.64. The molecule has 0 spiro atoms. The van der Waals surface area contributed by atoms with Crippen LogP contribution < -0.4 is 5.32 Å². The first-order valence-corrected chi connectivity index (χ1v) is 14.4. The van der Waals surface area contributed by atoms with Crippen molar-refractivity contribution in [1.82, 2.24) is 5.32 Å². The summed E-state index contributed by atoms with van der Waals surface area (Å²) in [4.78, 5) is 11.6. The largest absolute Gasteiger partial charge is 0.445 e. The number of halogens is 1. The molecular formula is C28H48ClNO9. The van der Waals surface area contributed by atoms with Gasteiger partial charge in [0.2, 0.25) is 0 Å². The number of benzene rings is 1. The summed E-state index contributed by atoms with van der Waals surface area (Å²) in [5.74, 6) is 0.742. The van der Waals surface area contributed by atoms with E-state index < -0.39 is 6.09 Å². The minimum atomic E-state index is -0.463. The molecule has 1 N–H and O–H groups in total. The molecular weight excluding hydrogens is 530 g/mol. The minimum Gasteiger partial charge on any atom is -0.445 e. The predicted molar refractivity (Wildman–Crippen MR) is 150 cm³/mol. The predicted octanol–water partition coefficient (Wildman–Crippen LogP) is 3.83. The number of nitrogens with one attached hydrogen (secondary N) is 1. The highest BCUT2D eigenvalue weighted by Crippen LogP contribution is 2.01. The third-order valence-corrected chi connectivity index (χ3v) is 5.40. The van der Waals surface area contributed by atoms with Gasteiger partial charge in [0.25, 0.3) is 0 Å². The molecule has 226 valence electrons. The van der Waals surface area contributed by atoms with Gasteiger partial charge in [-0.2, -0.15) is 0 Å². The Morgan fingerprint density at radius 1 is 0.564 bits per heavy atom. The second kappa shape index (κ2) is 29.5. The van der Waals surface area contributed by atoms with Gasteiger partial charge < -0.3 is 43.2 Å². The maximum absolute atomic E-state index is 11.6. The molecule has 10 nitrogen and oxygen atoms in total. The van der Waals surface area contributed by atoms with Crippen molar-refractivity contribution < 1.29 is 42.7 Å². The number of unbranched alkanes of at least 4 members (excludes halogenated alkanes) is 3. The van der Waals surface area contributed by atoms with Crippen molar-refractivity contribution in [3.05, 3.63) is 35.9 Å². The number of amides is 1. The third-order valence-electron chi connectivity index (χ3n) is 5.13. The van der Waals surface area contributed by atoms with Crippen LogP contribution in [0.2, 0.25) is 0 Å². The fraction of sp³-hybridized carbons (Fsp3) is 0.750. The van der Waals surface area contributed by atoms with E-state index in [9.17, 15) is 4.79 Å². The number of ether oxygens (including phenoxy) is 8. The van der Waals surface area contributed by atoms with E-state index in [4.69, 9.17) is 49.5 Å². The molecule has 1 amide bonds. The first kappa shape index (κ1) is 35.5. The molecule has 0 fully saturated rings. The lowest BCUT2D eigenvalue weighted by atomic mass is 10.2. The van der Waals surface area contributed by atoms with Crippen molar-refractivity contribution in [2.75, 3.05) is 105 Å². The van der Waals surface area contributed by atoms with E-state index in [2.05, 4.69) is 5.32 Å². The number of hydrogen-bond acceptors (Lipinski definition) is 9. The van der Waals surface area contributed by atoms with Crippen LogP contribution >= 0.6 is 11.6 Å². The van der Waals surface area contributed by atoms with Crippen LogP contribution in [0.25, 0.3) is 0 Å². The van der Waals surface area contributed by atoms with E-state index in [1.54, 1.807) is 0 Å². The van der Waals surface area contributed by atoms with Crippen LogP contribution in [0.15, 0.2) is 30.3 Å². The normalized spacial score (nSPS) is 11.1. The van der Waals surface area contributed by atoms with Gasteiger partial charge in [0.05, 0.1) is 85.9 Å². The van der Waals surface area contributed by atoms with Crippen molar-refractivity contribution in [3.8, 4) is 0 Å². The van der Waals surface area contributed by atoms with Crippen molar-refractivity contribution in [2.45, 2.75) is 32.3 Å². The third kappa shape index (κ3) is 26.5. The zero-order chi connectivity index (χ0) is 27.9. The fourth-order valence-corrected chi connectivity index (χ4v) is 3.26. The van der Waals surface area contributed by atoms with Crippen molar-refractivity contribution in [2.24, 2.45) is 0 Å². The summed E-state index contributed by atoms with van der Waals surface area (Å²) in [7, 11) is 0. The Balaban J connectivity index is 1.66. The zero-order valence-corrected chi connectivity index (χ0v) is 24.0. The summed E-state index contributed by atoms with van der Waals surface area (Å²) in [5.41, 5.74) is 0.943. The quantitative estimate of drug-likeness (QED) is 0.112. The Morgan fingerprint density at radius 2 is 1.00 bits per heavy atom. The summed E-state index contributed by atoms with van der Waals surface area (Å²) in [6.45, 7) is 8.00. The molecule has 1 aromatic rings. The average Bonchev–Trinajstić information content (AvgIpc) is 2.96. The molecule has 0 aliphatic carbocycles. The smallest absolute Gasteiger partial charge is 0.407 e. The lowest BCUT2D eigenvalue weighted by molar-refractivity contribution is -0.0204. The molecule has 0 aromatic heterocycles. The first-order valence-electron chi connectivity index (χ1n) is 13.9. The van der Waals surface area contributed by atoms with Crippen LogP contribution in [0.1, 0.15) is 31.2 Å². The molecule has 0 atom stereocenters. The second-order valence-corrected chi connectivity index (χ2v) is 8.76. The zero-order valence-electron chi connectivity index (χ0n) is 23.3. The molecule has 0 radical (unpaired) electrons. The van der Waals surface area contributed by atoms with Crippen LogP contribution in [0.5, 0.6) is 0 Å². The van der Waals surface area contributed by atoms with Crippen molar-refractivity contribution in [3.63, 3.8) is 0 Å². The topological polar surface area (TPSA) is 103 Å². The van der Waals surface area contributed by atoms with E-state index in [0.717, 1.165) is 30.9 Å². The number of alkyl carbamates (subject to hydrolysis) is 1. The lowest BCUT2D eigenvalue weighted by Crippen LogP contribution is -2.28. The highest BCUT2D eigenvalue weighted by Gasteiger charge is 2.01. The Kier molecular flexibility index (Phi) is 26.9. The minimum absolute atomic E-state index is 0.244. The molecule has 0 heterocycles. The van der Waals surface area contributed by atoms with E-state index in [1.165, 1.54) is 12.8 Å². The van der Waals surface area contributed by atoms with Crippen LogP contribution in [-0.2, 0) is 44.5 Å². The maximum Gasteiger partial charge on any atom is 0.407 e. The van der Waals surface area contributed by atoms with Gasteiger partial charge >= 0.3 is 6.09 Å². The molecule has 0 bridgehead atoms. The van der Waals surface area contributed by atoms with E-state index in [0.29, 0.717) is 92.4 Å². The van der Waals surface area contributed by atoms with Crippen LogP contribution in [0.3, 0.4) is 0 Å². The Bertz CT molecular complexity index is 643. The first-order chi connectivity index (χ1) is 19.3. The molecule has 11 heteroatoms. The number of hydrogen-bond donors (Lipinski definition) is 1. The molecule has 0 unspecified atom stereocenters. The number of alkyl halides is 1. The highest BCUT2D eigenvalue weighted by molar-refractivity contribution is 6.17. The van der Waals surface area contributed by atoms with Gasteiger partial charge in [-0.05, 0) is 18.4 Å². The van der Waals surface area contributed by atoms with Crippen molar-refractivity contribution in [1.29, 1.82) is 0 Å². The SMILES string of the molecule is O=C(NCCOCCOCCOCCOCCOCCOCCOCCCCCCCl)OCc1ccccc1. The van der Waals surface area contributed by atoms with Crippen LogP contribution in [0, 0.1) is 0 Å². The number of carbonyl (C=O) groups excluding carboxylic acids is 1. The molecule has 1 aromatic carbocycles. The fourth-order valence-electron chi connectivity index (χ4n) is 3.07. The standard InChI is InChI=1S/C28H48ClNO9/c29-10-6-1-2-7-12-32-14-16-34-18-20-36-22-24-38-25-23-37-21-19-35-17-15-33-13-11-30-28(31)39-26-27-8-4-3-5-9-27/h3-5,8-9H,1-2,6-7,10-26H2,(H,30,31). The monoisotopic (exact) mass is 577 g/mol. The number of rotatable bonds is 29. The van der Waals surface area contributed by atoms with Crippen LogP contribution in [-0.4, -0.2) is 111 Å². The van der Waals surface area contributed by atoms with Gasteiger partial charge in [-0.3, -0.25) is 0 Å². The highest BCUT2D eigenvalue weighted by atomic mass is 35.5. The van der Waals surface area contributed by atoms with Gasteiger partial charge in [0, 0.05) is 19.0 Å². The Labute approximate surface area is 238 Å². The summed E-state index contributed by atoms with van der Waals surface area (Å²) < 4.78 is 43.3. The van der Waals surface area contributed by atoms with Crippen molar-refractivity contribution >= 4 is 17.7 Å². The van der Waals surface area contributed by atoms with E-state index in [1.807, 2.05) is 30.3 Å². The Morgan fingerprint density at radius 3 is 1.49 bits per heavy atom. The number of carbonyl (C=O) groups is 1. The van der Waals surface area contributed by atoms with Gasteiger partial charge in [0.15, 0.2) is 0 Å². The van der Waals surface area contributed by atoms with Gasteiger partial charge in [-0.1, -0.05) is 43.2 Å². The summed E-state index contributed by atoms with van der Waals surface area (Å²) in [6.07, 6.45) is 4.03. The maximum atomic E-state index is 11.6. The second-order valence-electron chi connectivity index (χ2n) is 8.38. The van der Waals surface area contributed by atoms with E-state index in [-0.39, 0.29) is 6.61 Å². The summed E-state index contributed by atoms with van der Waals surface area (Å²) in [5, 5.41) is 2.64. The lowest BCUT2D eigenvalue weighted by Gasteiger charge is -2.09. The van der Waals surface area contributed by atoms with E-state index >= 15 is 0 Å².